The molecule has 0 radical (unpaired) electrons. The van der Waals surface area contributed by atoms with Gasteiger partial charge in [-0.2, -0.15) is 13.1 Å². The Balaban J connectivity index is 1.79. The van der Waals surface area contributed by atoms with Gasteiger partial charge < -0.3 is 5.73 Å². The first-order chi connectivity index (χ1) is 11.3. The quantitative estimate of drug-likeness (QED) is 0.453. The summed E-state index contributed by atoms with van der Waals surface area (Å²) in [5, 5.41) is 0. The van der Waals surface area contributed by atoms with E-state index in [1.165, 1.54) is 18.2 Å². The van der Waals surface area contributed by atoms with Gasteiger partial charge in [-0.25, -0.2) is 13.1 Å². The number of hydrogen-bond donors (Lipinski definition) is 3. The number of anilines is 1. The monoisotopic (exact) mass is 377 g/mol. The van der Waals surface area contributed by atoms with E-state index in [9.17, 15) is 16.8 Å². The molecule has 1 aliphatic carbocycles. The SMILES string of the molecule is Nc1cccc(S(=O)(=O)NCCOS(=O)(=O)NC2CCCCC2)c1. The normalized spacial score (nSPS) is 17.0. The first kappa shape index (κ1) is 19.1. The molecule has 1 aromatic rings. The Morgan fingerprint density at radius 2 is 1.83 bits per heavy atom. The number of nitrogen functional groups attached to an aromatic ring is 1. The molecule has 24 heavy (non-hydrogen) atoms. The molecular formula is C14H23N3O5S2. The van der Waals surface area contributed by atoms with Crippen LogP contribution in [0.4, 0.5) is 5.69 Å². The summed E-state index contributed by atoms with van der Waals surface area (Å²) in [4.78, 5) is 0.0192. The van der Waals surface area contributed by atoms with Gasteiger partial charge in [-0.3, -0.25) is 4.18 Å². The lowest BCUT2D eigenvalue weighted by atomic mass is 9.96. The van der Waals surface area contributed by atoms with Crippen LogP contribution in [0.15, 0.2) is 29.2 Å². The molecule has 0 aliphatic heterocycles. The van der Waals surface area contributed by atoms with Crippen molar-refractivity contribution in [3.63, 3.8) is 0 Å². The molecule has 0 heterocycles. The molecule has 0 spiro atoms. The van der Waals surface area contributed by atoms with Crippen molar-refractivity contribution in [3.8, 4) is 0 Å². The minimum atomic E-state index is -3.88. The number of nitrogens with one attached hydrogen (secondary N) is 2. The van der Waals surface area contributed by atoms with Crippen LogP contribution in [-0.4, -0.2) is 36.0 Å². The first-order valence-corrected chi connectivity index (χ1v) is 10.7. The summed E-state index contributed by atoms with van der Waals surface area (Å²) in [7, 11) is -7.63. The highest BCUT2D eigenvalue weighted by Crippen LogP contribution is 2.18. The maximum Gasteiger partial charge on any atom is 0.336 e. The summed E-state index contributed by atoms with van der Waals surface area (Å²) in [5.41, 5.74) is 5.88. The van der Waals surface area contributed by atoms with E-state index in [4.69, 9.17) is 9.92 Å². The molecule has 1 saturated carbocycles. The second kappa shape index (κ2) is 8.26. The summed E-state index contributed by atoms with van der Waals surface area (Å²) in [6, 6.07) is 5.73. The molecule has 2 rings (SSSR count). The number of benzene rings is 1. The summed E-state index contributed by atoms with van der Waals surface area (Å²) < 4.78 is 57.3. The summed E-state index contributed by atoms with van der Waals surface area (Å²) in [6.07, 6.45) is 4.69. The van der Waals surface area contributed by atoms with Gasteiger partial charge >= 0.3 is 10.3 Å². The van der Waals surface area contributed by atoms with Gasteiger partial charge in [0.15, 0.2) is 0 Å². The van der Waals surface area contributed by atoms with Crippen molar-refractivity contribution >= 4 is 26.0 Å². The van der Waals surface area contributed by atoms with Crippen LogP contribution in [0, 0.1) is 0 Å². The fourth-order valence-electron chi connectivity index (χ4n) is 2.55. The van der Waals surface area contributed by atoms with Crippen molar-refractivity contribution in [2.75, 3.05) is 18.9 Å². The van der Waals surface area contributed by atoms with Crippen molar-refractivity contribution < 1.29 is 21.0 Å². The van der Waals surface area contributed by atoms with E-state index in [-0.39, 0.29) is 24.1 Å². The van der Waals surface area contributed by atoms with Crippen LogP contribution in [0.1, 0.15) is 32.1 Å². The van der Waals surface area contributed by atoms with E-state index in [2.05, 4.69) is 9.44 Å². The first-order valence-electron chi connectivity index (χ1n) is 7.80. The van der Waals surface area contributed by atoms with E-state index in [0.717, 1.165) is 32.1 Å². The third-order valence-electron chi connectivity index (χ3n) is 3.72. The molecule has 8 nitrogen and oxygen atoms in total. The lowest BCUT2D eigenvalue weighted by Gasteiger charge is -2.22. The van der Waals surface area contributed by atoms with E-state index in [0.29, 0.717) is 5.69 Å². The summed E-state index contributed by atoms with van der Waals surface area (Å²) in [5.74, 6) is 0. The molecule has 0 bridgehead atoms. The topological polar surface area (TPSA) is 128 Å². The molecule has 1 aliphatic rings. The third-order valence-corrected chi connectivity index (χ3v) is 6.27. The predicted molar refractivity (Wildman–Crippen MR) is 90.9 cm³/mol. The van der Waals surface area contributed by atoms with Gasteiger partial charge in [0.05, 0.1) is 11.5 Å². The van der Waals surface area contributed by atoms with Crippen molar-refractivity contribution in [1.29, 1.82) is 0 Å². The molecule has 0 amide bonds. The number of rotatable bonds is 8. The van der Waals surface area contributed by atoms with Crippen molar-refractivity contribution in [2.24, 2.45) is 0 Å². The fourth-order valence-corrected chi connectivity index (χ4v) is 4.63. The van der Waals surface area contributed by atoms with Gasteiger partial charge in [0.25, 0.3) is 0 Å². The zero-order valence-electron chi connectivity index (χ0n) is 13.3. The van der Waals surface area contributed by atoms with Gasteiger partial charge in [0.1, 0.15) is 0 Å². The Labute approximate surface area is 143 Å². The van der Waals surface area contributed by atoms with Crippen LogP contribution >= 0.6 is 0 Å². The Bertz CT molecular complexity index is 743. The summed E-state index contributed by atoms with van der Waals surface area (Å²) >= 11 is 0. The standard InChI is InChI=1S/C14H23N3O5S2/c15-12-5-4-8-14(11-12)23(18,19)16-9-10-22-24(20,21)17-13-6-2-1-3-7-13/h4-5,8,11,13,16-17H,1-3,6-7,9-10,15H2. The molecule has 0 atom stereocenters. The predicted octanol–water partition coefficient (Wildman–Crippen LogP) is 0.731. The zero-order valence-corrected chi connectivity index (χ0v) is 14.9. The highest BCUT2D eigenvalue weighted by Gasteiger charge is 2.21. The Hall–Kier alpha value is -1.20. The van der Waals surface area contributed by atoms with Gasteiger partial charge in [-0.05, 0) is 31.0 Å². The average molecular weight is 377 g/mol. The molecule has 0 saturated heterocycles. The molecule has 1 fully saturated rings. The lowest BCUT2D eigenvalue weighted by molar-refractivity contribution is 0.303. The Morgan fingerprint density at radius 1 is 1.12 bits per heavy atom. The number of hydrogen-bond acceptors (Lipinski definition) is 6. The fraction of sp³-hybridized carbons (Fsp3) is 0.571. The molecule has 136 valence electrons. The molecule has 4 N–H and O–H groups in total. The molecule has 1 aromatic carbocycles. The second-order valence-electron chi connectivity index (χ2n) is 5.70. The Kier molecular flexibility index (Phi) is 6.58. The van der Waals surface area contributed by atoms with Crippen molar-refractivity contribution in [1.82, 2.24) is 9.44 Å². The van der Waals surface area contributed by atoms with Crippen LogP contribution in [-0.2, 0) is 24.5 Å². The largest absolute Gasteiger partial charge is 0.399 e. The lowest BCUT2D eigenvalue weighted by Crippen LogP contribution is -2.38. The molecule has 0 unspecified atom stereocenters. The van der Waals surface area contributed by atoms with Crippen molar-refractivity contribution in [3.05, 3.63) is 24.3 Å². The average Bonchev–Trinajstić information content (AvgIpc) is 2.52. The molecular weight excluding hydrogens is 354 g/mol. The minimum Gasteiger partial charge on any atom is -0.399 e. The minimum absolute atomic E-state index is 0.0192. The van der Waals surface area contributed by atoms with Crippen LogP contribution in [0.25, 0.3) is 0 Å². The van der Waals surface area contributed by atoms with E-state index < -0.39 is 20.3 Å². The van der Waals surface area contributed by atoms with Gasteiger partial charge in [-0.15, -0.1) is 0 Å². The smallest absolute Gasteiger partial charge is 0.336 e. The van der Waals surface area contributed by atoms with Gasteiger partial charge in [0, 0.05) is 18.3 Å². The highest BCUT2D eigenvalue weighted by atomic mass is 32.2. The second-order valence-corrected chi connectivity index (χ2v) is 8.85. The van der Waals surface area contributed by atoms with Gasteiger partial charge in [0.2, 0.25) is 10.0 Å². The third kappa shape index (κ3) is 6.02. The van der Waals surface area contributed by atoms with Crippen LogP contribution in [0.2, 0.25) is 0 Å². The number of sulfonamides is 1. The Morgan fingerprint density at radius 3 is 2.50 bits per heavy atom. The van der Waals surface area contributed by atoms with Crippen molar-refractivity contribution in [2.45, 2.75) is 43.0 Å². The zero-order chi connectivity index (χ0) is 17.6. The van der Waals surface area contributed by atoms with Gasteiger partial charge in [-0.1, -0.05) is 25.3 Å². The van der Waals surface area contributed by atoms with E-state index in [1.807, 2.05) is 0 Å². The maximum atomic E-state index is 12.0. The number of nitrogens with two attached hydrogens (primary N) is 1. The van der Waals surface area contributed by atoms with E-state index in [1.54, 1.807) is 6.07 Å². The molecule has 10 heteroatoms. The van der Waals surface area contributed by atoms with Crippen LogP contribution < -0.4 is 15.2 Å². The van der Waals surface area contributed by atoms with Crippen LogP contribution in [0.3, 0.4) is 0 Å². The highest BCUT2D eigenvalue weighted by molar-refractivity contribution is 7.89. The summed E-state index contributed by atoms with van der Waals surface area (Å²) in [6.45, 7) is -0.452. The van der Waals surface area contributed by atoms with Crippen LogP contribution in [0.5, 0.6) is 0 Å². The molecule has 0 aromatic heterocycles. The maximum absolute atomic E-state index is 12.0. The van der Waals surface area contributed by atoms with E-state index >= 15 is 0 Å².